The molecule has 0 spiro atoms. The van der Waals surface area contributed by atoms with Gasteiger partial charge in [0.15, 0.2) is 0 Å². The lowest BCUT2D eigenvalue weighted by atomic mass is 9.98. The van der Waals surface area contributed by atoms with E-state index in [2.05, 4.69) is 5.32 Å². The molecule has 0 saturated carbocycles. The maximum absolute atomic E-state index is 11.6. The van der Waals surface area contributed by atoms with E-state index in [-0.39, 0.29) is 18.2 Å². The van der Waals surface area contributed by atoms with Gasteiger partial charge in [-0.2, -0.15) is 0 Å². The molecule has 0 aliphatic heterocycles. The van der Waals surface area contributed by atoms with Crippen molar-refractivity contribution in [3.63, 3.8) is 0 Å². The molecule has 0 radical (unpaired) electrons. The summed E-state index contributed by atoms with van der Waals surface area (Å²) in [5, 5.41) is 11.3. The van der Waals surface area contributed by atoms with Crippen molar-refractivity contribution in [3.8, 4) is 0 Å². The molecular weight excluding hydrogens is 220 g/mol. The van der Waals surface area contributed by atoms with Crippen LogP contribution < -0.4 is 11.1 Å². The number of rotatable bonds is 8. The van der Waals surface area contributed by atoms with Crippen LogP contribution in [0.5, 0.6) is 0 Å². The Bertz CT molecular complexity index is 264. The first-order valence-corrected chi connectivity index (χ1v) is 6.08. The quantitative estimate of drug-likeness (QED) is 0.596. The third kappa shape index (κ3) is 6.94. The summed E-state index contributed by atoms with van der Waals surface area (Å²) < 4.78 is 0. The van der Waals surface area contributed by atoms with Gasteiger partial charge < -0.3 is 16.2 Å². The van der Waals surface area contributed by atoms with Crippen LogP contribution in [0.1, 0.15) is 46.5 Å². The Balaban J connectivity index is 3.77. The lowest BCUT2D eigenvalue weighted by Crippen LogP contribution is -2.51. The Hall–Kier alpha value is -1.10. The predicted molar refractivity (Wildman–Crippen MR) is 66.5 cm³/mol. The molecule has 0 fully saturated rings. The van der Waals surface area contributed by atoms with Crippen LogP contribution in [0.25, 0.3) is 0 Å². The Morgan fingerprint density at radius 3 is 2.47 bits per heavy atom. The standard InChI is InChI=1S/C12H24N2O3/c1-4-12(3,13)11(17)14-8-7-9(2)5-6-10(15)16/h9H,4-8,13H2,1-3H3,(H,14,17)(H,15,16). The minimum atomic E-state index is -0.815. The van der Waals surface area contributed by atoms with Crippen molar-refractivity contribution in [1.29, 1.82) is 0 Å². The number of carbonyl (C=O) groups is 2. The van der Waals surface area contributed by atoms with E-state index < -0.39 is 11.5 Å². The van der Waals surface area contributed by atoms with Gasteiger partial charge in [0, 0.05) is 13.0 Å². The average molecular weight is 244 g/mol. The molecule has 2 atom stereocenters. The summed E-state index contributed by atoms with van der Waals surface area (Å²) in [7, 11) is 0. The second kappa shape index (κ2) is 7.27. The molecule has 0 aromatic carbocycles. The number of carboxylic acid groups (broad SMARTS) is 1. The Morgan fingerprint density at radius 2 is 2.00 bits per heavy atom. The van der Waals surface area contributed by atoms with Crippen molar-refractivity contribution in [3.05, 3.63) is 0 Å². The monoisotopic (exact) mass is 244 g/mol. The van der Waals surface area contributed by atoms with Gasteiger partial charge in [0.2, 0.25) is 5.91 Å². The summed E-state index contributed by atoms with van der Waals surface area (Å²) in [5.74, 6) is -0.635. The zero-order valence-corrected chi connectivity index (χ0v) is 11.0. The lowest BCUT2D eigenvalue weighted by molar-refractivity contribution is -0.137. The second-order valence-electron chi connectivity index (χ2n) is 4.85. The van der Waals surface area contributed by atoms with Crippen LogP contribution in [-0.4, -0.2) is 29.1 Å². The second-order valence-corrected chi connectivity index (χ2v) is 4.85. The topological polar surface area (TPSA) is 92.4 Å². The van der Waals surface area contributed by atoms with E-state index in [9.17, 15) is 9.59 Å². The molecule has 0 saturated heterocycles. The zero-order valence-electron chi connectivity index (χ0n) is 11.0. The van der Waals surface area contributed by atoms with E-state index in [0.29, 0.717) is 19.4 Å². The third-order valence-corrected chi connectivity index (χ3v) is 3.03. The highest BCUT2D eigenvalue weighted by Crippen LogP contribution is 2.10. The number of carbonyl (C=O) groups excluding carboxylic acids is 1. The fraction of sp³-hybridized carbons (Fsp3) is 0.833. The maximum Gasteiger partial charge on any atom is 0.303 e. The van der Waals surface area contributed by atoms with Gasteiger partial charge in [0.25, 0.3) is 0 Å². The summed E-state index contributed by atoms with van der Waals surface area (Å²) in [5.41, 5.74) is 4.97. The van der Waals surface area contributed by atoms with Gasteiger partial charge in [-0.25, -0.2) is 0 Å². The van der Waals surface area contributed by atoms with Crippen molar-refractivity contribution >= 4 is 11.9 Å². The largest absolute Gasteiger partial charge is 0.481 e. The van der Waals surface area contributed by atoms with E-state index >= 15 is 0 Å². The molecule has 5 heteroatoms. The van der Waals surface area contributed by atoms with Gasteiger partial charge in [-0.05, 0) is 32.1 Å². The molecule has 4 N–H and O–H groups in total. The predicted octanol–water partition coefficient (Wildman–Crippen LogP) is 1.12. The van der Waals surface area contributed by atoms with Crippen LogP contribution >= 0.6 is 0 Å². The average Bonchev–Trinajstić information content (AvgIpc) is 2.26. The van der Waals surface area contributed by atoms with Gasteiger partial charge in [-0.15, -0.1) is 0 Å². The first-order valence-electron chi connectivity index (χ1n) is 6.08. The summed E-state index contributed by atoms with van der Waals surface area (Å²) in [4.78, 5) is 22.0. The number of nitrogens with one attached hydrogen (secondary N) is 1. The molecule has 0 heterocycles. The van der Waals surface area contributed by atoms with Gasteiger partial charge in [0.05, 0.1) is 5.54 Å². The molecule has 0 aliphatic rings. The highest BCUT2D eigenvalue weighted by molar-refractivity contribution is 5.85. The van der Waals surface area contributed by atoms with E-state index in [1.54, 1.807) is 6.92 Å². The summed E-state index contributed by atoms with van der Waals surface area (Å²) in [6.07, 6.45) is 2.18. The first-order chi connectivity index (χ1) is 7.79. The smallest absolute Gasteiger partial charge is 0.303 e. The van der Waals surface area contributed by atoms with Gasteiger partial charge in [0.1, 0.15) is 0 Å². The lowest BCUT2D eigenvalue weighted by Gasteiger charge is -2.22. The molecule has 0 aromatic heterocycles. The number of carboxylic acids is 1. The number of hydrogen-bond donors (Lipinski definition) is 3. The normalized spacial score (nSPS) is 16.0. The highest BCUT2D eigenvalue weighted by Gasteiger charge is 2.25. The van der Waals surface area contributed by atoms with E-state index in [0.717, 1.165) is 6.42 Å². The summed E-state index contributed by atoms with van der Waals surface area (Å²) >= 11 is 0. The minimum Gasteiger partial charge on any atom is -0.481 e. The van der Waals surface area contributed by atoms with E-state index in [4.69, 9.17) is 10.8 Å². The van der Waals surface area contributed by atoms with Crippen molar-refractivity contribution in [2.24, 2.45) is 11.7 Å². The van der Waals surface area contributed by atoms with E-state index in [1.165, 1.54) is 0 Å². The number of aliphatic carboxylic acids is 1. The summed E-state index contributed by atoms with van der Waals surface area (Å²) in [6, 6.07) is 0. The van der Waals surface area contributed by atoms with Gasteiger partial charge in [-0.3, -0.25) is 9.59 Å². The zero-order chi connectivity index (χ0) is 13.5. The molecule has 0 aliphatic carbocycles. The van der Waals surface area contributed by atoms with Crippen molar-refractivity contribution in [2.75, 3.05) is 6.54 Å². The van der Waals surface area contributed by atoms with Crippen LogP contribution in [0.15, 0.2) is 0 Å². The molecule has 100 valence electrons. The minimum absolute atomic E-state index is 0.148. The van der Waals surface area contributed by atoms with Crippen molar-refractivity contribution < 1.29 is 14.7 Å². The summed E-state index contributed by atoms with van der Waals surface area (Å²) in [6.45, 7) is 6.11. The molecule has 17 heavy (non-hydrogen) atoms. The Morgan fingerprint density at radius 1 is 1.41 bits per heavy atom. The van der Waals surface area contributed by atoms with Crippen LogP contribution in [0.3, 0.4) is 0 Å². The van der Waals surface area contributed by atoms with Crippen molar-refractivity contribution in [2.45, 2.75) is 52.0 Å². The Labute approximate surface area is 103 Å². The number of nitrogens with two attached hydrogens (primary N) is 1. The van der Waals surface area contributed by atoms with Gasteiger partial charge in [-0.1, -0.05) is 13.8 Å². The molecular formula is C12H24N2O3. The molecule has 0 rings (SSSR count). The van der Waals surface area contributed by atoms with Crippen molar-refractivity contribution in [1.82, 2.24) is 5.32 Å². The number of hydrogen-bond acceptors (Lipinski definition) is 3. The van der Waals surface area contributed by atoms with Crippen LogP contribution in [0.2, 0.25) is 0 Å². The van der Waals surface area contributed by atoms with Crippen LogP contribution in [-0.2, 0) is 9.59 Å². The van der Waals surface area contributed by atoms with E-state index in [1.807, 2.05) is 13.8 Å². The molecule has 2 unspecified atom stereocenters. The fourth-order valence-electron chi connectivity index (χ4n) is 1.31. The maximum atomic E-state index is 11.6. The molecule has 0 aromatic rings. The Kier molecular flexibility index (Phi) is 6.80. The third-order valence-electron chi connectivity index (χ3n) is 3.03. The SMILES string of the molecule is CCC(C)(N)C(=O)NCCC(C)CCC(=O)O. The van der Waals surface area contributed by atoms with Crippen LogP contribution in [0, 0.1) is 5.92 Å². The fourth-order valence-corrected chi connectivity index (χ4v) is 1.31. The molecule has 1 amide bonds. The first kappa shape index (κ1) is 15.9. The molecule has 0 bridgehead atoms. The highest BCUT2D eigenvalue weighted by atomic mass is 16.4. The number of amides is 1. The van der Waals surface area contributed by atoms with Gasteiger partial charge >= 0.3 is 5.97 Å². The molecule has 5 nitrogen and oxygen atoms in total. The van der Waals surface area contributed by atoms with Crippen LogP contribution in [0.4, 0.5) is 0 Å².